The minimum absolute atomic E-state index is 0.203. The first-order valence-electron chi connectivity index (χ1n) is 6.10. The Labute approximate surface area is 116 Å². The molecule has 2 rings (SSSR count). The zero-order chi connectivity index (χ0) is 14.5. The van der Waals surface area contributed by atoms with Gasteiger partial charge in [0.15, 0.2) is 0 Å². The number of nitrogens with one attached hydrogen (secondary N) is 1. The summed E-state index contributed by atoms with van der Waals surface area (Å²) >= 11 is 0. The Kier molecular flexibility index (Phi) is 4.10. The highest BCUT2D eigenvalue weighted by Gasteiger charge is 2.09. The molecule has 0 aliphatic rings. The van der Waals surface area contributed by atoms with Gasteiger partial charge in [-0.05, 0) is 36.8 Å². The number of carboxylic acids is 1. The first-order chi connectivity index (χ1) is 9.58. The molecule has 0 fully saturated rings. The third-order valence-electron chi connectivity index (χ3n) is 2.88. The van der Waals surface area contributed by atoms with E-state index in [2.05, 4.69) is 10.3 Å². The van der Waals surface area contributed by atoms with E-state index in [1.807, 2.05) is 0 Å². The largest absolute Gasteiger partial charge is 0.478 e. The van der Waals surface area contributed by atoms with Crippen LogP contribution in [0.15, 0.2) is 42.6 Å². The quantitative estimate of drug-likeness (QED) is 0.890. The number of aryl methyl sites for hydroxylation is 1. The van der Waals surface area contributed by atoms with E-state index in [9.17, 15) is 9.59 Å². The summed E-state index contributed by atoms with van der Waals surface area (Å²) in [5, 5.41) is 11.7. The van der Waals surface area contributed by atoms with Gasteiger partial charge in [0.05, 0.1) is 11.1 Å². The van der Waals surface area contributed by atoms with Gasteiger partial charge in [-0.15, -0.1) is 0 Å². The van der Waals surface area contributed by atoms with Gasteiger partial charge in [-0.1, -0.05) is 12.1 Å². The van der Waals surface area contributed by atoms with Gasteiger partial charge in [0.25, 0.3) is 5.91 Å². The summed E-state index contributed by atoms with van der Waals surface area (Å²) < 4.78 is 0. The molecule has 1 amide bonds. The van der Waals surface area contributed by atoms with Crippen LogP contribution in [0.2, 0.25) is 0 Å². The first kappa shape index (κ1) is 13.7. The Morgan fingerprint density at radius 3 is 2.75 bits per heavy atom. The van der Waals surface area contributed by atoms with Crippen LogP contribution in [0.4, 0.5) is 0 Å². The molecule has 20 heavy (non-hydrogen) atoms. The van der Waals surface area contributed by atoms with Crippen LogP contribution >= 0.6 is 0 Å². The molecular formula is C15H14N2O3. The number of carbonyl (C=O) groups excluding carboxylic acids is 1. The van der Waals surface area contributed by atoms with Crippen LogP contribution in [-0.4, -0.2) is 22.0 Å². The topological polar surface area (TPSA) is 79.3 Å². The molecule has 102 valence electrons. The maximum atomic E-state index is 12.0. The van der Waals surface area contributed by atoms with E-state index in [0.29, 0.717) is 11.3 Å². The zero-order valence-electron chi connectivity index (χ0n) is 11.0. The number of rotatable bonds is 4. The third kappa shape index (κ3) is 3.20. The van der Waals surface area contributed by atoms with Gasteiger partial charge in [-0.3, -0.25) is 9.78 Å². The Hall–Kier alpha value is -2.69. The molecule has 0 aliphatic heterocycles. The van der Waals surface area contributed by atoms with Crippen molar-refractivity contribution in [1.82, 2.24) is 10.3 Å². The summed E-state index contributed by atoms with van der Waals surface area (Å²) in [6.45, 7) is 2.04. The summed E-state index contributed by atoms with van der Waals surface area (Å²) in [6.07, 6.45) is 1.63. The number of nitrogens with zero attached hydrogens (tertiary/aromatic N) is 1. The summed E-state index contributed by atoms with van der Waals surface area (Å²) in [4.78, 5) is 26.9. The number of carbonyl (C=O) groups is 2. The highest BCUT2D eigenvalue weighted by atomic mass is 16.4. The number of benzene rings is 1. The lowest BCUT2D eigenvalue weighted by Crippen LogP contribution is -2.24. The van der Waals surface area contributed by atoms with Crippen LogP contribution in [0.3, 0.4) is 0 Å². The number of pyridine rings is 1. The average molecular weight is 270 g/mol. The summed E-state index contributed by atoms with van der Waals surface area (Å²) in [5.41, 5.74) is 2.11. The highest BCUT2D eigenvalue weighted by molar-refractivity contribution is 5.95. The Morgan fingerprint density at radius 1 is 1.25 bits per heavy atom. The lowest BCUT2D eigenvalue weighted by molar-refractivity contribution is 0.0696. The van der Waals surface area contributed by atoms with E-state index in [4.69, 9.17) is 5.11 Å². The predicted octanol–water partition coefficient (Wildman–Crippen LogP) is 2.02. The lowest BCUT2D eigenvalue weighted by Gasteiger charge is -2.07. The zero-order valence-corrected chi connectivity index (χ0v) is 11.0. The molecule has 1 aromatic heterocycles. The van der Waals surface area contributed by atoms with E-state index in [1.165, 1.54) is 6.07 Å². The minimum Gasteiger partial charge on any atom is -0.478 e. The van der Waals surface area contributed by atoms with E-state index in [-0.39, 0.29) is 18.0 Å². The molecule has 0 radical (unpaired) electrons. The molecule has 0 aliphatic carbocycles. The fourth-order valence-electron chi connectivity index (χ4n) is 1.82. The normalized spacial score (nSPS) is 10.1. The number of hydrogen-bond acceptors (Lipinski definition) is 3. The molecule has 0 bridgehead atoms. The predicted molar refractivity (Wildman–Crippen MR) is 73.5 cm³/mol. The molecule has 1 heterocycles. The molecule has 0 spiro atoms. The second-order valence-corrected chi connectivity index (χ2v) is 4.32. The Morgan fingerprint density at radius 2 is 2.05 bits per heavy atom. The molecule has 2 N–H and O–H groups in total. The van der Waals surface area contributed by atoms with Crippen LogP contribution in [0.5, 0.6) is 0 Å². The fourth-order valence-corrected chi connectivity index (χ4v) is 1.82. The SMILES string of the molecule is Cc1ncccc1C(=O)NCc1cccc(C(=O)O)c1. The fraction of sp³-hybridized carbons (Fsp3) is 0.133. The number of aromatic carboxylic acids is 1. The van der Waals surface area contributed by atoms with E-state index in [1.54, 1.807) is 43.5 Å². The van der Waals surface area contributed by atoms with Crippen molar-refractivity contribution in [3.63, 3.8) is 0 Å². The Balaban J connectivity index is 2.06. The molecule has 5 nitrogen and oxygen atoms in total. The molecular weight excluding hydrogens is 256 g/mol. The van der Waals surface area contributed by atoms with Crippen molar-refractivity contribution in [2.75, 3.05) is 0 Å². The van der Waals surface area contributed by atoms with Gasteiger partial charge < -0.3 is 10.4 Å². The lowest BCUT2D eigenvalue weighted by atomic mass is 10.1. The number of aromatic nitrogens is 1. The van der Waals surface area contributed by atoms with Crippen molar-refractivity contribution in [1.29, 1.82) is 0 Å². The summed E-state index contributed by atoms with van der Waals surface area (Å²) in [6, 6.07) is 9.87. The average Bonchev–Trinajstić information content (AvgIpc) is 2.45. The minimum atomic E-state index is -0.985. The summed E-state index contributed by atoms with van der Waals surface area (Å²) in [7, 11) is 0. The molecule has 1 aromatic carbocycles. The monoisotopic (exact) mass is 270 g/mol. The standard InChI is InChI=1S/C15H14N2O3/c1-10-13(6-3-7-16-10)14(18)17-9-11-4-2-5-12(8-11)15(19)20/h2-8H,9H2,1H3,(H,17,18)(H,19,20). The van der Waals surface area contributed by atoms with Gasteiger partial charge in [-0.2, -0.15) is 0 Å². The number of amides is 1. The molecule has 0 saturated heterocycles. The number of carboxylic acid groups (broad SMARTS) is 1. The van der Waals surface area contributed by atoms with Crippen LogP contribution in [0, 0.1) is 6.92 Å². The van der Waals surface area contributed by atoms with E-state index in [0.717, 1.165) is 5.56 Å². The van der Waals surface area contributed by atoms with Crippen molar-refractivity contribution in [3.05, 3.63) is 65.0 Å². The van der Waals surface area contributed by atoms with Crippen molar-refractivity contribution in [3.8, 4) is 0 Å². The maximum absolute atomic E-state index is 12.0. The van der Waals surface area contributed by atoms with Gasteiger partial charge in [0.1, 0.15) is 0 Å². The van der Waals surface area contributed by atoms with Crippen molar-refractivity contribution in [2.24, 2.45) is 0 Å². The van der Waals surface area contributed by atoms with Crippen molar-refractivity contribution >= 4 is 11.9 Å². The van der Waals surface area contributed by atoms with E-state index >= 15 is 0 Å². The van der Waals surface area contributed by atoms with Crippen LogP contribution in [-0.2, 0) is 6.54 Å². The van der Waals surface area contributed by atoms with Crippen molar-refractivity contribution in [2.45, 2.75) is 13.5 Å². The Bertz CT molecular complexity index is 653. The highest BCUT2D eigenvalue weighted by Crippen LogP contribution is 2.07. The number of hydrogen-bond donors (Lipinski definition) is 2. The smallest absolute Gasteiger partial charge is 0.335 e. The van der Waals surface area contributed by atoms with Gasteiger partial charge in [-0.25, -0.2) is 4.79 Å². The van der Waals surface area contributed by atoms with Gasteiger partial charge in [0, 0.05) is 18.4 Å². The van der Waals surface area contributed by atoms with Gasteiger partial charge >= 0.3 is 5.97 Å². The first-order valence-corrected chi connectivity index (χ1v) is 6.10. The molecule has 2 aromatic rings. The molecule has 5 heteroatoms. The molecule has 0 saturated carbocycles. The van der Waals surface area contributed by atoms with Gasteiger partial charge in [0.2, 0.25) is 0 Å². The third-order valence-corrected chi connectivity index (χ3v) is 2.88. The van der Waals surface area contributed by atoms with Crippen LogP contribution in [0.1, 0.15) is 32.0 Å². The maximum Gasteiger partial charge on any atom is 0.335 e. The molecule has 0 unspecified atom stereocenters. The van der Waals surface area contributed by atoms with Crippen molar-refractivity contribution < 1.29 is 14.7 Å². The molecule has 0 atom stereocenters. The van der Waals surface area contributed by atoms with Crippen LogP contribution < -0.4 is 5.32 Å². The van der Waals surface area contributed by atoms with Crippen LogP contribution in [0.25, 0.3) is 0 Å². The van der Waals surface area contributed by atoms with E-state index < -0.39 is 5.97 Å². The second kappa shape index (κ2) is 5.97. The second-order valence-electron chi connectivity index (χ2n) is 4.32. The summed E-state index contributed by atoms with van der Waals surface area (Å²) in [5.74, 6) is -1.21.